The highest BCUT2D eigenvalue weighted by Gasteiger charge is 2.11. The Kier molecular flexibility index (Phi) is 5.75. The number of aromatic nitrogens is 1. The molecule has 0 atom stereocenters. The van der Waals surface area contributed by atoms with Crippen LogP contribution in [-0.2, 0) is 17.8 Å². The number of carbonyl (C=O) groups is 1. The van der Waals surface area contributed by atoms with Gasteiger partial charge >= 0.3 is 5.97 Å². The zero-order chi connectivity index (χ0) is 18.5. The molecule has 0 saturated heterocycles. The molecule has 0 aliphatic heterocycles. The molecule has 2 N–H and O–H groups in total. The Bertz CT molecular complexity index is 892. The van der Waals surface area contributed by atoms with E-state index in [4.69, 9.17) is 21.4 Å². The van der Waals surface area contributed by atoms with Gasteiger partial charge in [0.2, 0.25) is 0 Å². The third-order valence-corrected chi connectivity index (χ3v) is 4.95. The van der Waals surface area contributed by atoms with Crippen LogP contribution in [0.2, 0.25) is 5.02 Å². The molecule has 0 fully saturated rings. The van der Waals surface area contributed by atoms with Gasteiger partial charge in [0.15, 0.2) is 5.13 Å². The van der Waals surface area contributed by atoms with Gasteiger partial charge in [0.05, 0.1) is 12.1 Å². The summed E-state index contributed by atoms with van der Waals surface area (Å²) in [7, 11) is 0. The van der Waals surface area contributed by atoms with Crippen LogP contribution in [0.15, 0.2) is 48.5 Å². The highest BCUT2D eigenvalue weighted by molar-refractivity contribution is 7.15. The highest BCUT2D eigenvalue weighted by Crippen LogP contribution is 2.27. The van der Waals surface area contributed by atoms with Crippen molar-refractivity contribution < 1.29 is 14.6 Å². The van der Waals surface area contributed by atoms with Crippen LogP contribution in [-0.4, -0.2) is 16.1 Å². The second-order valence-electron chi connectivity index (χ2n) is 5.66. The summed E-state index contributed by atoms with van der Waals surface area (Å²) >= 11 is 7.22. The van der Waals surface area contributed by atoms with Crippen molar-refractivity contribution in [3.05, 3.63) is 69.7 Å². The molecule has 26 heavy (non-hydrogen) atoms. The molecule has 0 saturated carbocycles. The van der Waals surface area contributed by atoms with Crippen LogP contribution >= 0.6 is 22.9 Å². The summed E-state index contributed by atoms with van der Waals surface area (Å²) < 4.78 is 5.75. The summed E-state index contributed by atoms with van der Waals surface area (Å²) in [5.41, 5.74) is 2.64. The molecule has 0 radical (unpaired) electrons. The number of carboxylic acid groups (broad SMARTS) is 1. The maximum atomic E-state index is 10.8. The zero-order valence-electron chi connectivity index (χ0n) is 14.0. The minimum atomic E-state index is -0.856. The van der Waals surface area contributed by atoms with E-state index in [1.807, 2.05) is 55.5 Å². The minimum absolute atomic E-state index is 0.0113. The number of carboxylic acids is 1. The van der Waals surface area contributed by atoms with Crippen LogP contribution in [0.4, 0.5) is 10.8 Å². The van der Waals surface area contributed by atoms with E-state index in [1.165, 1.54) is 11.3 Å². The number of aryl methyl sites for hydroxylation is 1. The number of rotatable bonds is 7. The molecular formula is C19H17ClN2O3S. The second-order valence-corrected chi connectivity index (χ2v) is 7.18. The van der Waals surface area contributed by atoms with Crippen molar-refractivity contribution >= 4 is 39.7 Å². The molecule has 0 spiro atoms. The van der Waals surface area contributed by atoms with Crippen molar-refractivity contribution in [2.24, 2.45) is 0 Å². The number of benzene rings is 2. The van der Waals surface area contributed by atoms with E-state index in [0.717, 1.165) is 27.6 Å². The fourth-order valence-electron chi connectivity index (χ4n) is 2.29. The zero-order valence-corrected chi connectivity index (χ0v) is 15.6. The molecule has 0 unspecified atom stereocenters. The molecule has 134 valence electrons. The van der Waals surface area contributed by atoms with Crippen LogP contribution in [0.5, 0.6) is 5.75 Å². The molecule has 0 amide bonds. The average Bonchev–Trinajstić information content (AvgIpc) is 2.94. The first-order valence-corrected chi connectivity index (χ1v) is 9.11. The fraction of sp³-hybridized carbons (Fsp3) is 0.158. The molecular weight excluding hydrogens is 372 g/mol. The van der Waals surface area contributed by atoms with Gasteiger partial charge in [-0.3, -0.25) is 4.79 Å². The number of hydrogen-bond acceptors (Lipinski definition) is 5. The van der Waals surface area contributed by atoms with E-state index in [1.54, 1.807) is 0 Å². The largest absolute Gasteiger partial charge is 0.489 e. The van der Waals surface area contributed by atoms with Crippen LogP contribution in [0.25, 0.3) is 0 Å². The summed E-state index contributed by atoms with van der Waals surface area (Å²) in [6.45, 7) is 2.28. The number of nitrogens with zero attached hydrogens (tertiary/aromatic N) is 1. The highest BCUT2D eigenvalue weighted by atomic mass is 35.5. The van der Waals surface area contributed by atoms with Crippen molar-refractivity contribution in [2.45, 2.75) is 20.0 Å². The normalized spacial score (nSPS) is 10.5. The van der Waals surface area contributed by atoms with Gasteiger partial charge in [0.1, 0.15) is 12.4 Å². The van der Waals surface area contributed by atoms with Crippen LogP contribution in [0, 0.1) is 6.92 Å². The Morgan fingerprint density at radius 2 is 1.88 bits per heavy atom. The van der Waals surface area contributed by atoms with Gasteiger partial charge < -0.3 is 15.2 Å². The quantitative estimate of drug-likeness (QED) is 0.592. The van der Waals surface area contributed by atoms with Gasteiger partial charge in [-0.15, -0.1) is 11.3 Å². The van der Waals surface area contributed by atoms with E-state index in [9.17, 15) is 4.79 Å². The molecule has 0 aliphatic carbocycles. The first-order valence-electron chi connectivity index (χ1n) is 7.92. The summed E-state index contributed by atoms with van der Waals surface area (Å²) in [6.07, 6.45) is -0.0113. The topological polar surface area (TPSA) is 71.5 Å². The Hall–Kier alpha value is -2.57. The van der Waals surface area contributed by atoms with E-state index in [0.29, 0.717) is 16.8 Å². The molecule has 2 aromatic carbocycles. The van der Waals surface area contributed by atoms with Gasteiger partial charge in [-0.05, 0) is 48.9 Å². The number of aliphatic carboxylic acids is 1. The van der Waals surface area contributed by atoms with Crippen molar-refractivity contribution in [1.82, 2.24) is 4.98 Å². The first-order chi connectivity index (χ1) is 12.5. The Balaban J connectivity index is 1.59. The lowest BCUT2D eigenvalue weighted by atomic mass is 10.2. The molecule has 1 heterocycles. The Labute approximate surface area is 160 Å². The SMILES string of the molecule is Cc1nc(Nc2ccc(OCc3ccc(Cl)cc3)cc2)sc1CC(=O)O. The van der Waals surface area contributed by atoms with Crippen molar-refractivity contribution in [1.29, 1.82) is 0 Å². The second kappa shape index (κ2) is 8.21. The van der Waals surface area contributed by atoms with Crippen molar-refractivity contribution in [3.8, 4) is 5.75 Å². The van der Waals surface area contributed by atoms with Crippen molar-refractivity contribution in [2.75, 3.05) is 5.32 Å². The van der Waals surface area contributed by atoms with E-state index < -0.39 is 5.97 Å². The van der Waals surface area contributed by atoms with Gasteiger partial charge in [-0.25, -0.2) is 4.98 Å². The standard InChI is InChI=1S/C19H17ClN2O3S/c1-12-17(10-18(23)24)26-19(21-12)22-15-6-8-16(9-7-15)25-11-13-2-4-14(20)5-3-13/h2-9H,10-11H2,1H3,(H,21,22)(H,23,24). The maximum absolute atomic E-state index is 10.8. The molecule has 5 nitrogen and oxygen atoms in total. The van der Waals surface area contributed by atoms with E-state index >= 15 is 0 Å². The predicted molar refractivity (Wildman–Crippen MR) is 104 cm³/mol. The van der Waals surface area contributed by atoms with Crippen molar-refractivity contribution in [3.63, 3.8) is 0 Å². The lowest BCUT2D eigenvalue weighted by Gasteiger charge is -2.08. The molecule has 1 aromatic heterocycles. The first kappa shape index (κ1) is 18.2. The smallest absolute Gasteiger partial charge is 0.308 e. The molecule has 0 bridgehead atoms. The number of thiazole rings is 1. The maximum Gasteiger partial charge on any atom is 0.308 e. The fourth-order valence-corrected chi connectivity index (χ4v) is 3.39. The van der Waals surface area contributed by atoms with E-state index in [-0.39, 0.29) is 6.42 Å². The van der Waals surface area contributed by atoms with Crippen LogP contribution in [0.3, 0.4) is 0 Å². The lowest BCUT2D eigenvalue weighted by molar-refractivity contribution is -0.136. The summed E-state index contributed by atoms with van der Waals surface area (Å²) in [5, 5.41) is 13.5. The molecule has 0 aliphatic rings. The summed E-state index contributed by atoms with van der Waals surface area (Å²) in [4.78, 5) is 16.0. The molecule has 7 heteroatoms. The monoisotopic (exact) mass is 388 g/mol. The Morgan fingerprint density at radius 1 is 1.19 bits per heavy atom. The van der Waals surface area contributed by atoms with Gasteiger partial charge in [-0.2, -0.15) is 0 Å². The number of halogens is 1. The van der Waals surface area contributed by atoms with Gasteiger partial charge in [-0.1, -0.05) is 23.7 Å². The van der Waals surface area contributed by atoms with Crippen LogP contribution < -0.4 is 10.1 Å². The third kappa shape index (κ3) is 4.97. The van der Waals surface area contributed by atoms with Crippen LogP contribution in [0.1, 0.15) is 16.1 Å². The summed E-state index contributed by atoms with van der Waals surface area (Å²) in [5.74, 6) is -0.0992. The molecule has 3 aromatic rings. The lowest BCUT2D eigenvalue weighted by Crippen LogP contribution is -1.99. The number of hydrogen-bond donors (Lipinski definition) is 2. The van der Waals surface area contributed by atoms with Gasteiger partial charge in [0, 0.05) is 15.6 Å². The summed E-state index contributed by atoms with van der Waals surface area (Å²) in [6, 6.07) is 15.1. The van der Waals surface area contributed by atoms with Gasteiger partial charge in [0.25, 0.3) is 0 Å². The minimum Gasteiger partial charge on any atom is -0.489 e. The predicted octanol–water partition coefficient (Wildman–Crippen LogP) is 5.05. The third-order valence-electron chi connectivity index (χ3n) is 3.63. The average molecular weight is 389 g/mol. The van der Waals surface area contributed by atoms with E-state index in [2.05, 4.69) is 10.3 Å². The number of ether oxygens (including phenoxy) is 1. The number of nitrogens with one attached hydrogen (secondary N) is 1. The number of anilines is 2. The molecule has 3 rings (SSSR count). The Morgan fingerprint density at radius 3 is 2.54 bits per heavy atom.